The highest BCUT2D eigenvalue weighted by atomic mass is 15.2. The smallest absolute Gasteiger partial charge is 0.224 e. The third kappa shape index (κ3) is 4.41. The van der Waals surface area contributed by atoms with Gasteiger partial charge in [0.25, 0.3) is 0 Å². The lowest BCUT2D eigenvalue weighted by molar-refractivity contribution is 0.402. The highest BCUT2D eigenvalue weighted by molar-refractivity contribution is 5.65. The second-order valence-corrected chi connectivity index (χ2v) is 6.88. The molecule has 4 rings (SSSR count). The molecule has 0 saturated heterocycles. The van der Waals surface area contributed by atoms with Gasteiger partial charge in [-0.1, -0.05) is 31.0 Å². The maximum absolute atomic E-state index is 6.21. The minimum Gasteiger partial charge on any atom is -0.350 e. The van der Waals surface area contributed by atoms with Gasteiger partial charge in [0.2, 0.25) is 5.95 Å². The predicted octanol–water partition coefficient (Wildman–Crippen LogP) is 3.96. The van der Waals surface area contributed by atoms with Gasteiger partial charge in [-0.2, -0.15) is 4.98 Å². The molecule has 6 nitrogen and oxygen atoms in total. The molecule has 0 spiro atoms. The summed E-state index contributed by atoms with van der Waals surface area (Å²) in [5.74, 6) is 1.37. The van der Waals surface area contributed by atoms with Gasteiger partial charge in [-0.05, 0) is 43.2 Å². The van der Waals surface area contributed by atoms with Gasteiger partial charge in [0.1, 0.15) is 5.82 Å². The quantitative estimate of drug-likeness (QED) is 0.638. The number of pyridine rings is 1. The van der Waals surface area contributed by atoms with Crippen LogP contribution in [-0.4, -0.2) is 27.0 Å². The van der Waals surface area contributed by atoms with Crippen LogP contribution in [0.25, 0.3) is 11.3 Å². The molecule has 6 heteroatoms. The van der Waals surface area contributed by atoms with E-state index in [1.165, 1.54) is 12.8 Å². The summed E-state index contributed by atoms with van der Waals surface area (Å²) >= 11 is 0. The van der Waals surface area contributed by atoms with Crippen LogP contribution in [0, 0.1) is 0 Å². The molecule has 1 saturated carbocycles. The van der Waals surface area contributed by atoms with E-state index < -0.39 is 0 Å². The van der Waals surface area contributed by atoms with Crippen LogP contribution < -0.4 is 16.4 Å². The molecule has 1 aliphatic carbocycles. The van der Waals surface area contributed by atoms with Crippen molar-refractivity contribution in [1.29, 1.82) is 0 Å². The van der Waals surface area contributed by atoms with Crippen LogP contribution in [0.4, 0.5) is 17.5 Å². The van der Waals surface area contributed by atoms with Crippen LogP contribution in [0.3, 0.4) is 0 Å². The normalized spacial score (nSPS) is 19.4. The van der Waals surface area contributed by atoms with Crippen molar-refractivity contribution in [2.24, 2.45) is 5.73 Å². The Bertz CT molecular complexity index is 865. The number of nitrogens with two attached hydrogens (primary N) is 1. The molecule has 1 aliphatic rings. The van der Waals surface area contributed by atoms with Crippen molar-refractivity contribution < 1.29 is 0 Å². The van der Waals surface area contributed by atoms with Crippen LogP contribution >= 0.6 is 0 Å². The van der Waals surface area contributed by atoms with Crippen molar-refractivity contribution in [3.8, 4) is 11.3 Å². The van der Waals surface area contributed by atoms with Crippen molar-refractivity contribution in [1.82, 2.24) is 15.0 Å². The second-order valence-electron chi connectivity index (χ2n) is 6.88. The molecule has 2 aromatic heterocycles. The zero-order chi connectivity index (χ0) is 18.5. The summed E-state index contributed by atoms with van der Waals surface area (Å²) in [6, 6.07) is 16.3. The van der Waals surface area contributed by atoms with Crippen molar-refractivity contribution in [3.05, 3.63) is 60.9 Å². The van der Waals surface area contributed by atoms with E-state index >= 15 is 0 Å². The first-order chi connectivity index (χ1) is 13.3. The van der Waals surface area contributed by atoms with Crippen molar-refractivity contribution in [2.45, 2.75) is 37.8 Å². The molecule has 0 radical (unpaired) electrons. The lowest BCUT2D eigenvalue weighted by Crippen LogP contribution is -2.42. The van der Waals surface area contributed by atoms with E-state index in [2.05, 4.69) is 25.6 Å². The average Bonchev–Trinajstić information content (AvgIpc) is 2.71. The van der Waals surface area contributed by atoms with Crippen molar-refractivity contribution in [3.63, 3.8) is 0 Å². The average molecular weight is 360 g/mol. The second kappa shape index (κ2) is 8.14. The van der Waals surface area contributed by atoms with Crippen LogP contribution in [0.15, 0.2) is 60.9 Å². The molecule has 2 atom stereocenters. The van der Waals surface area contributed by atoms with Crippen LogP contribution in [0.1, 0.15) is 25.7 Å². The molecular formula is C21H24N6. The molecule has 2 heterocycles. The van der Waals surface area contributed by atoms with Gasteiger partial charge in [0, 0.05) is 35.7 Å². The summed E-state index contributed by atoms with van der Waals surface area (Å²) < 4.78 is 0. The van der Waals surface area contributed by atoms with Crippen LogP contribution in [0.5, 0.6) is 0 Å². The number of nitrogens with one attached hydrogen (secondary N) is 2. The van der Waals surface area contributed by atoms with E-state index in [9.17, 15) is 0 Å². The van der Waals surface area contributed by atoms with Crippen LogP contribution in [0.2, 0.25) is 0 Å². The van der Waals surface area contributed by atoms with Gasteiger partial charge in [0.15, 0.2) is 0 Å². The molecule has 1 fully saturated rings. The SMILES string of the molecule is N[C@H]1CCCC[C@H]1Nc1nccc(Nc2ccc(-c3ccccn3)cc2)n1. The third-order valence-corrected chi connectivity index (χ3v) is 4.91. The first kappa shape index (κ1) is 17.4. The molecule has 27 heavy (non-hydrogen) atoms. The molecule has 0 bridgehead atoms. The lowest BCUT2D eigenvalue weighted by Gasteiger charge is -2.29. The summed E-state index contributed by atoms with van der Waals surface area (Å²) in [7, 11) is 0. The Kier molecular flexibility index (Phi) is 5.25. The van der Waals surface area contributed by atoms with E-state index in [-0.39, 0.29) is 12.1 Å². The fourth-order valence-corrected chi connectivity index (χ4v) is 3.41. The molecule has 0 aliphatic heterocycles. The first-order valence-corrected chi connectivity index (χ1v) is 9.41. The molecule has 3 aromatic rings. The molecule has 0 amide bonds. The standard InChI is InChI=1S/C21H24N6/c22-17-5-1-2-7-19(17)26-21-24-14-12-20(27-21)25-16-10-8-15(9-11-16)18-6-3-4-13-23-18/h3-4,6,8-14,17,19H,1-2,5,7,22H2,(H2,24,25,26,27)/t17-,19+/m0/s1. The predicted molar refractivity (Wildman–Crippen MR) is 109 cm³/mol. The zero-order valence-electron chi connectivity index (χ0n) is 15.2. The Morgan fingerprint density at radius 3 is 2.52 bits per heavy atom. The van der Waals surface area contributed by atoms with E-state index in [1.54, 1.807) is 12.4 Å². The minimum atomic E-state index is 0.165. The maximum atomic E-state index is 6.21. The number of benzene rings is 1. The highest BCUT2D eigenvalue weighted by Crippen LogP contribution is 2.23. The minimum absolute atomic E-state index is 0.165. The maximum Gasteiger partial charge on any atom is 0.224 e. The van der Waals surface area contributed by atoms with Gasteiger partial charge in [-0.3, -0.25) is 4.98 Å². The number of rotatable bonds is 5. The Morgan fingerprint density at radius 1 is 0.889 bits per heavy atom. The zero-order valence-corrected chi connectivity index (χ0v) is 15.2. The number of aromatic nitrogens is 3. The van der Waals surface area contributed by atoms with Crippen molar-refractivity contribution in [2.75, 3.05) is 10.6 Å². The molecule has 1 aromatic carbocycles. The molecular weight excluding hydrogens is 336 g/mol. The largest absolute Gasteiger partial charge is 0.350 e. The third-order valence-electron chi connectivity index (χ3n) is 4.91. The summed E-state index contributed by atoms with van der Waals surface area (Å²) in [5.41, 5.74) is 9.22. The Labute approximate surface area is 159 Å². The first-order valence-electron chi connectivity index (χ1n) is 9.41. The molecule has 138 valence electrons. The van der Waals surface area contributed by atoms with E-state index in [0.29, 0.717) is 5.95 Å². The van der Waals surface area contributed by atoms with Crippen molar-refractivity contribution >= 4 is 17.5 Å². The summed E-state index contributed by atoms with van der Waals surface area (Å²) in [4.78, 5) is 13.3. The van der Waals surface area contributed by atoms with Gasteiger partial charge < -0.3 is 16.4 Å². The van der Waals surface area contributed by atoms with Gasteiger partial charge in [-0.15, -0.1) is 0 Å². The number of nitrogens with zero attached hydrogens (tertiary/aromatic N) is 3. The number of hydrogen-bond acceptors (Lipinski definition) is 6. The topological polar surface area (TPSA) is 88.8 Å². The van der Waals surface area contributed by atoms with Crippen LogP contribution in [-0.2, 0) is 0 Å². The fraction of sp³-hybridized carbons (Fsp3) is 0.286. The Balaban J connectivity index is 1.43. The summed E-state index contributed by atoms with van der Waals surface area (Å²) in [6.45, 7) is 0. The summed E-state index contributed by atoms with van der Waals surface area (Å²) in [6.07, 6.45) is 8.08. The van der Waals surface area contributed by atoms with Gasteiger partial charge in [0.05, 0.1) is 5.69 Å². The Hall–Kier alpha value is -2.99. The molecule has 0 unspecified atom stereocenters. The van der Waals surface area contributed by atoms with Gasteiger partial charge >= 0.3 is 0 Å². The summed E-state index contributed by atoms with van der Waals surface area (Å²) in [5, 5.41) is 6.72. The Morgan fingerprint density at radius 2 is 1.74 bits per heavy atom. The van der Waals surface area contributed by atoms with E-state index in [0.717, 1.165) is 35.6 Å². The number of hydrogen-bond donors (Lipinski definition) is 3. The fourth-order valence-electron chi connectivity index (χ4n) is 3.41. The van der Waals surface area contributed by atoms with E-state index in [1.807, 2.05) is 48.5 Å². The lowest BCUT2D eigenvalue weighted by atomic mass is 9.91. The molecule has 4 N–H and O–H groups in total. The number of anilines is 3. The van der Waals surface area contributed by atoms with E-state index in [4.69, 9.17) is 5.73 Å². The van der Waals surface area contributed by atoms with Gasteiger partial charge in [-0.25, -0.2) is 4.98 Å². The highest BCUT2D eigenvalue weighted by Gasteiger charge is 2.22. The monoisotopic (exact) mass is 360 g/mol.